The number of nitrogens with one attached hydrogen (secondary N) is 1. The number of hydrogen-bond acceptors (Lipinski definition) is 7. The van der Waals surface area contributed by atoms with Crippen LogP contribution in [0.1, 0.15) is 50.4 Å². The van der Waals surface area contributed by atoms with Gasteiger partial charge < -0.3 is 24.4 Å². The maximum Gasteiger partial charge on any atom is 0.258 e. The average molecular weight is 500 g/mol. The summed E-state index contributed by atoms with van der Waals surface area (Å²) in [5.74, 6) is 0.0785. The summed E-state index contributed by atoms with van der Waals surface area (Å²) in [6.45, 7) is 7.31. The third-order valence-electron chi connectivity index (χ3n) is 5.90. The minimum atomic E-state index is -3.52. The number of rotatable bonds is 6. The van der Waals surface area contributed by atoms with Crippen molar-refractivity contribution < 1.29 is 27.8 Å². The van der Waals surface area contributed by atoms with Gasteiger partial charge in [-0.1, -0.05) is 6.92 Å². The predicted octanol–water partition coefficient (Wildman–Crippen LogP) is 2.42. The van der Waals surface area contributed by atoms with E-state index in [-0.39, 0.29) is 41.9 Å². The lowest BCUT2D eigenvalue weighted by Crippen LogP contribution is -2.47. The van der Waals surface area contributed by atoms with Crippen molar-refractivity contribution in [2.24, 2.45) is 5.92 Å². The van der Waals surface area contributed by atoms with Crippen LogP contribution in [0.25, 0.3) is 0 Å². The number of ether oxygens (including phenoxy) is 2. The summed E-state index contributed by atoms with van der Waals surface area (Å²) in [5, 5.41) is 9.91. The summed E-state index contributed by atoms with van der Waals surface area (Å²) in [7, 11) is 0.465. The second-order valence-corrected chi connectivity index (χ2v) is 11.4. The molecule has 34 heavy (non-hydrogen) atoms. The Bertz CT molecular complexity index is 908. The molecule has 1 heterocycles. The molecule has 0 aliphatic carbocycles. The van der Waals surface area contributed by atoms with Gasteiger partial charge in [0, 0.05) is 31.3 Å². The fourth-order valence-electron chi connectivity index (χ4n) is 4.02. The van der Waals surface area contributed by atoms with Gasteiger partial charge in [-0.05, 0) is 65.4 Å². The van der Waals surface area contributed by atoms with Crippen LogP contribution in [0.3, 0.4) is 0 Å². The third kappa shape index (κ3) is 8.72. The molecule has 9 nitrogen and oxygen atoms in total. The monoisotopic (exact) mass is 499 g/mol. The van der Waals surface area contributed by atoms with E-state index in [2.05, 4.69) is 9.62 Å². The van der Waals surface area contributed by atoms with Crippen LogP contribution in [0.15, 0.2) is 18.2 Å². The van der Waals surface area contributed by atoms with Crippen LogP contribution in [0.5, 0.6) is 5.75 Å². The summed E-state index contributed by atoms with van der Waals surface area (Å²) in [4.78, 5) is 17.5. The molecule has 0 saturated heterocycles. The van der Waals surface area contributed by atoms with Crippen LogP contribution >= 0.6 is 0 Å². The molecule has 1 aliphatic heterocycles. The Kier molecular flexibility index (Phi) is 10.6. The third-order valence-corrected chi connectivity index (χ3v) is 6.51. The molecule has 0 spiro atoms. The number of aliphatic hydroxyl groups is 1. The van der Waals surface area contributed by atoms with E-state index < -0.39 is 16.1 Å². The number of hydrogen-bond donors (Lipinski definition) is 2. The first-order valence-corrected chi connectivity index (χ1v) is 13.8. The topological polar surface area (TPSA) is 108 Å². The summed E-state index contributed by atoms with van der Waals surface area (Å²) < 4.78 is 38.3. The van der Waals surface area contributed by atoms with Crippen molar-refractivity contribution in [2.75, 3.05) is 51.4 Å². The Morgan fingerprint density at radius 2 is 1.97 bits per heavy atom. The number of amides is 1. The molecule has 1 aromatic carbocycles. The second-order valence-electron chi connectivity index (χ2n) is 9.65. The highest BCUT2D eigenvalue weighted by Gasteiger charge is 2.30. The molecule has 0 radical (unpaired) electrons. The number of aliphatic hydroxyl groups excluding tert-OH is 1. The Morgan fingerprint density at radius 3 is 2.59 bits per heavy atom. The number of likely N-dealkylation sites (N-methyl/N-ethyl adjacent to an activating group) is 1. The molecule has 4 atom stereocenters. The number of anilines is 1. The van der Waals surface area contributed by atoms with Gasteiger partial charge in [-0.2, -0.15) is 0 Å². The molecule has 10 heteroatoms. The maximum atomic E-state index is 13.8. The maximum absolute atomic E-state index is 13.8. The standard InChI is InChI=1S/C24H41N3O6S/c1-17-14-27(18(2)16-28)24(29)21-13-20(25-34(6,30)31)10-11-22(21)33-19(3)9-7-8-12-32-23(17)15-26(4)5/h10-11,13,17-19,23,25,28H,7-9,12,14-16H2,1-6H3/t17-,18+,19-,23+/m0/s1. The van der Waals surface area contributed by atoms with Crippen molar-refractivity contribution in [2.45, 2.75) is 58.3 Å². The molecule has 1 aliphatic rings. The number of carbonyl (C=O) groups is 1. The first kappa shape index (κ1) is 28.4. The molecule has 1 amide bonds. The van der Waals surface area contributed by atoms with Crippen molar-refractivity contribution in [1.29, 1.82) is 0 Å². The highest BCUT2D eigenvalue weighted by molar-refractivity contribution is 7.92. The van der Waals surface area contributed by atoms with Crippen LogP contribution in [-0.4, -0.2) is 94.1 Å². The van der Waals surface area contributed by atoms with Crippen molar-refractivity contribution in [3.63, 3.8) is 0 Å². The summed E-state index contributed by atoms with van der Waals surface area (Å²) >= 11 is 0. The van der Waals surface area contributed by atoms with Crippen LogP contribution in [0.2, 0.25) is 0 Å². The van der Waals surface area contributed by atoms with Gasteiger partial charge in [0.05, 0.1) is 36.7 Å². The van der Waals surface area contributed by atoms with Crippen molar-refractivity contribution >= 4 is 21.6 Å². The SMILES string of the molecule is C[C@H](CO)N1C[C@H](C)[C@@H](CN(C)C)OCCCC[C@H](C)Oc2ccc(NS(C)(=O)=O)cc2C1=O. The smallest absolute Gasteiger partial charge is 0.258 e. The largest absolute Gasteiger partial charge is 0.490 e. The molecular formula is C24H41N3O6S. The Balaban J connectivity index is 2.51. The normalized spacial score (nSPS) is 24.2. The molecule has 2 rings (SSSR count). The predicted molar refractivity (Wildman–Crippen MR) is 134 cm³/mol. The Morgan fingerprint density at radius 1 is 1.26 bits per heavy atom. The first-order chi connectivity index (χ1) is 15.9. The lowest BCUT2D eigenvalue weighted by Gasteiger charge is -2.35. The van der Waals surface area contributed by atoms with Gasteiger partial charge in [-0.3, -0.25) is 9.52 Å². The number of sulfonamides is 1. The van der Waals surface area contributed by atoms with Gasteiger partial charge in [0.1, 0.15) is 5.75 Å². The Labute approximate surface area is 204 Å². The molecule has 194 valence electrons. The molecule has 0 aromatic heterocycles. The molecular weight excluding hydrogens is 458 g/mol. The van der Waals surface area contributed by atoms with E-state index in [1.165, 1.54) is 6.07 Å². The van der Waals surface area contributed by atoms with E-state index in [4.69, 9.17) is 9.47 Å². The van der Waals surface area contributed by atoms with Crippen molar-refractivity contribution in [1.82, 2.24) is 9.80 Å². The number of nitrogens with zero attached hydrogens (tertiary/aromatic N) is 2. The fraction of sp³-hybridized carbons (Fsp3) is 0.708. The van der Waals surface area contributed by atoms with Gasteiger partial charge in [-0.25, -0.2) is 8.42 Å². The number of carbonyl (C=O) groups excluding carboxylic acids is 1. The minimum absolute atomic E-state index is 0.00362. The van der Waals surface area contributed by atoms with E-state index in [1.807, 2.05) is 27.9 Å². The lowest BCUT2D eigenvalue weighted by atomic mass is 10.0. The molecule has 0 unspecified atom stereocenters. The van der Waals surface area contributed by atoms with Gasteiger partial charge in [-0.15, -0.1) is 0 Å². The van der Waals surface area contributed by atoms with E-state index in [0.29, 0.717) is 18.9 Å². The molecule has 2 N–H and O–H groups in total. The highest BCUT2D eigenvalue weighted by atomic mass is 32.2. The second kappa shape index (κ2) is 12.7. The van der Waals surface area contributed by atoms with Crippen LogP contribution < -0.4 is 9.46 Å². The van der Waals surface area contributed by atoms with Gasteiger partial charge >= 0.3 is 0 Å². The first-order valence-electron chi connectivity index (χ1n) is 11.9. The van der Waals surface area contributed by atoms with Crippen LogP contribution in [0, 0.1) is 5.92 Å². The van der Waals surface area contributed by atoms with Gasteiger partial charge in [0.2, 0.25) is 10.0 Å². The van der Waals surface area contributed by atoms with Gasteiger partial charge in [0.15, 0.2) is 0 Å². The minimum Gasteiger partial charge on any atom is -0.490 e. The highest BCUT2D eigenvalue weighted by Crippen LogP contribution is 2.28. The van der Waals surface area contributed by atoms with E-state index in [9.17, 15) is 18.3 Å². The number of benzene rings is 1. The molecule has 0 saturated carbocycles. The zero-order valence-corrected chi connectivity index (χ0v) is 22.1. The Hall–Kier alpha value is -1.88. The van der Waals surface area contributed by atoms with E-state index in [1.54, 1.807) is 24.0 Å². The quantitative estimate of drug-likeness (QED) is 0.619. The average Bonchev–Trinajstić information content (AvgIpc) is 2.74. The summed E-state index contributed by atoms with van der Waals surface area (Å²) in [5.41, 5.74) is 0.542. The molecule has 0 bridgehead atoms. The van der Waals surface area contributed by atoms with Crippen molar-refractivity contribution in [3.05, 3.63) is 23.8 Å². The van der Waals surface area contributed by atoms with Crippen LogP contribution in [0.4, 0.5) is 5.69 Å². The summed E-state index contributed by atoms with van der Waals surface area (Å²) in [6, 6.07) is 4.28. The van der Waals surface area contributed by atoms with Gasteiger partial charge in [0.25, 0.3) is 5.91 Å². The zero-order chi connectivity index (χ0) is 25.5. The fourth-order valence-corrected chi connectivity index (χ4v) is 4.58. The van der Waals surface area contributed by atoms with E-state index in [0.717, 1.165) is 32.1 Å². The summed E-state index contributed by atoms with van der Waals surface area (Å²) in [6.07, 6.45) is 3.48. The lowest BCUT2D eigenvalue weighted by molar-refractivity contribution is -0.0137. The number of fused-ring (bicyclic) bond motifs is 1. The molecule has 1 aromatic rings. The zero-order valence-electron chi connectivity index (χ0n) is 21.3. The van der Waals surface area contributed by atoms with Crippen molar-refractivity contribution in [3.8, 4) is 5.75 Å². The van der Waals surface area contributed by atoms with E-state index >= 15 is 0 Å². The van der Waals surface area contributed by atoms with Crippen LogP contribution in [-0.2, 0) is 14.8 Å². The molecule has 0 fully saturated rings.